The Morgan fingerprint density at radius 3 is 2.17 bits per heavy atom. The number of rotatable bonds is 2. The summed E-state index contributed by atoms with van der Waals surface area (Å²) >= 11 is 0. The van der Waals surface area contributed by atoms with Gasteiger partial charge >= 0.3 is 6.09 Å². The predicted molar refractivity (Wildman–Crippen MR) is 68.3 cm³/mol. The van der Waals surface area contributed by atoms with Crippen LogP contribution in [0.25, 0.3) is 0 Å². The van der Waals surface area contributed by atoms with E-state index < -0.39 is 5.60 Å². The molecule has 18 heavy (non-hydrogen) atoms. The average Bonchev–Trinajstić information content (AvgIpc) is 2.25. The van der Waals surface area contributed by atoms with E-state index in [0.717, 1.165) is 19.3 Å². The summed E-state index contributed by atoms with van der Waals surface area (Å²) in [6.07, 6.45) is 3.07. The van der Waals surface area contributed by atoms with E-state index in [9.17, 15) is 9.59 Å². The fourth-order valence-electron chi connectivity index (χ4n) is 3.04. The maximum absolute atomic E-state index is 12.0. The van der Waals surface area contributed by atoms with Crippen LogP contribution in [0.4, 0.5) is 4.79 Å². The van der Waals surface area contributed by atoms with E-state index >= 15 is 0 Å². The quantitative estimate of drug-likeness (QED) is 0.760. The number of fused-ring (bicyclic) bond motifs is 2. The lowest BCUT2D eigenvalue weighted by atomic mass is 9.72. The topological polar surface area (TPSA) is 46.6 Å². The summed E-state index contributed by atoms with van der Waals surface area (Å²) in [5, 5.41) is 0. The summed E-state index contributed by atoms with van der Waals surface area (Å²) in [4.78, 5) is 25.6. The van der Waals surface area contributed by atoms with Crippen molar-refractivity contribution in [3.8, 4) is 0 Å². The molecule has 0 spiro atoms. The zero-order chi connectivity index (χ0) is 13.5. The van der Waals surface area contributed by atoms with Crippen molar-refractivity contribution >= 4 is 11.9 Å². The second-order valence-electron chi connectivity index (χ2n) is 6.42. The number of carbonyl (C=O) groups is 2. The molecule has 0 aromatic heterocycles. The summed E-state index contributed by atoms with van der Waals surface area (Å²) in [6, 6.07) is 0.443. The molecule has 1 aliphatic carbocycles. The number of ketones is 1. The van der Waals surface area contributed by atoms with Crippen LogP contribution in [0, 0.1) is 5.92 Å². The summed E-state index contributed by atoms with van der Waals surface area (Å²) in [5.74, 6) is 0.506. The first-order valence-electron chi connectivity index (χ1n) is 6.86. The minimum atomic E-state index is -0.445. The molecule has 2 bridgehead atoms. The van der Waals surface area contributed by atoms with Crippen LogP contribution >= 0.6 is 0 Å². The number of hydrogen-bond acceptors (Lipinski definition) is 3. The molecular weight excluding hydrogens is 230 g/mol. The molecule has 0 aromatic carbocycles. The summed E-state index contributed by atoms with van der Waals surface area (Å²) in [6.45, 7) is 7.55. The van der Waals surface area contributed by atoms with Crippen molar-refractivity contribution in [2.45, 2.75) is 71.1 Å². The number of carbonyl (C=O) groups excluding carboxylic acids is 2. The highest BCUT2D eigenvalue weighted by Crippen LogP contribution is 2.42. The maximum Gasteiger partial charge on any atom is 0.410 e. The van der Waals surface area contributed by atoms with Crippen molar-refractivity contribution in [2.75, 3.05) is 0 Å². The molecular formula is C14H23NO3. The number of nitrogens with zero attached hydrogens (tertiary/aromatic N) is 1. The lowest BCUT2D eigenvalue weighted by Crippen LogP contribution is -2.64. The van der Waals surface area contributed by atoms with Gasteiger partial charge in [0.25, 0.3) is 0 Å². The number of piperidine rings is 1. The van der Waals surface area contributed by atoms with Gasteiger partial charge < -0.3 is 9.64 Å². The van der Waals surface area contributed by atoms with Crippen LogP contribution in [-0.4, -0.2) is 34.5 Å². The molecule has 3 rings (SSSR count). The Morgan fingerprint density at radius 1 is 1.17 bits per heavy atom. The second kappa shape index (κ2) is 4.56. The van der Waals surface area contributed by atoms with Crippen LogP contribution in [0.15, 0.2) is 0 Å². The van der Waals surface area contributed by atoms with Gasteiger partial charge in [-0.1, -0.05) is 6.92 Å². The Kier molecular flexibility index (Phi) is 3.39. The van der Waals surface area contributed by atoms with Crippen molar-refractivity contribution in [1.82, 2.24) is 4.90 Å². The van der Waals surface area contributed by atoms with Crippen molar-refractivity contribution in [3.63, 3.8) is 0 Å². The summed E-state index contributed by atoms with van der Waals surface area (Å²) in [7, 11) is 0. The molecule has 3 aliphatic rings. The second-order valence-corrected chi connectivity index (χ2v) is 6.42. The third-order valence-corrected chi connectivity index (χ3v) is 3.85. The third-order valence-electron chi connectivity index (χ3n) is 3.85. The molecule has 1 amide bonds. The first kappa shape index (κ1) is 13.4. The molecule has 2 atom stereocenters. The lowest BCUT2D eigenvalue weighted by molar-refractivity contribution is -0.130. The molecule has 0 N–H and O–H groups in total. The van der Waals surface area contributed by atoms with Gasteiger partial charge in [0.1, 0.15) is 11.4 Å². The van der Waals surface area contributed by atoms with Crippen LogP contribution in [0.2, 0.25) is 0 Å². The zero-order valence-electron chi connectivity index (χ0n) is 11.7. The van der Waals surface area contributed by atoms with Crippen LogP contribution < -0.4 is 0 Å². The van der Waals surface area contributed by atoms with E-state index in [1.165, 1.54) is 0 Å². The molecule has 2 heterocycles. The van der Waals surface area contributed by atoms with E-state index in [1.807, 2.05) is 32.6 Å². The first-order chi connectivity index (χ1) is 8.31. The fourth-order valence-corrected chi connectivity index (χ4v) is 3.04. The van der Waals surface area contributed by atoms with Crippen molar-refractivity contribution < 1.29 is 14.3 Å². The van der Waals surface area contributed by atoms with Gasteiger partial charge in [0.05, 0.1) is 0 Å². The molecule has 0 radical (unpaired) electrons. The lowest BCUT2D eigenvalue weighted by Gasteiger charge is -2.54. The summed E-state index contributed by atoms with van der Waals surface area (Å²) in [5.41, 5.74) is -0.445. The van der Waals surface area contributed by atoms with Gasteiger partial charge in [0.2, 0.25) is 0 Å². The smallest absolute Gasteiger partial charge is 0.410 e. The molecule has 1 saturated carbocycles. The van der Waals surface area contributed by atoms with Crippen LogP contribution in [-0.2, 0) is 9.53 Å². The average molecular weight is 253 g/mol. The normalized spacial score (nSPS) is 30.7. The third kappa shape index (κ3) is 2.52. The van der Waals surface area contributed by atoms with Crippen LogP contribution in [0.3, 0.4) is 0 Å². The van der Waals surface area contributed by atoms with Crippen molar-refractivity contribution in [1.29, 1.82) is 0 Å². The van der Waals surface area contributed by atoms with Gasteiger partial charge in [-0.25, -0.2) is 4.79 Å². The van der Waals surface area contributed by atoms with Gasteiger partial charge in [0.15, 0.2) is 0 Å². The maximum atomic E-state index is 12.0. The minimum absolute atomic E-state index is 0.164. The highest BCUT2D eigenvalue weighted by molar-refractivity contribution is 5.81. The number of hydrogen-bond donors (Lipinski definition) is 0. The highest BCUT2D eigenvalue weighted by atomic mass is 16.6. The molecule has 4 nitrogen and oxygen atoms in total. The van der Waals surface area contributed by atoms with E-state index in [1.54, 1.807) is 0 Å². The molecule has 3 fully saturated rings. The number of amides is 1. The van der Waals surface area contributed by atoms with Gasteiger partial charge in [0, 0.05) is 24.4 Å². The predicted octanol–water partition coefficient (Wildman–Crippen LogP) is 2.75. The van der Waals surface area contributed by atoms with Gasteiger partial charge in [-0.15, -0.1) is 0 Å². The standard InChI is InChI=1S/C14H23NO3/c1-5-12(16)9-6-10-8-11(7-9)15(10)13(17)18-14(2,3)4/h9-11H,5-8H2,1-4H3. The zero-order valence-corrected chi connectivity index (χ0v) is 11.7. The molecule has 2 aliphatic heterocycles. The Morgan fingerprint density at radius 2 is 1.72 bits per heavy atom. The van der Waals surface area contributed by atoms with E-state index in [2.05, 4.69) is 0 Å². The molecule has 102 valence electrons. The largest absolute Gasteiger partial charge is 0.444 e. The molecule has 0 aromatic rings. The van der Waals surface area contributed by atoms with E-state index in [0.29, 0.717) is 12.2 Å². The van der Waals surface area contributed by atoms with Crippen LogP contribution in [0.5, 0.6) is 0 Å². The molecule has 2 unspecified atom stereocenters. The first-order valence-corrected chi connectivity index (χ1v) is 6.86. The van der Waals surface area contributed by atoms with Crippen molar-refractivity contribution in [2.24, 2.45) is 5.92 Å². The Bertz CT molecular complexity index is 347. The Labute approximate surface area is 109 Å². The number of ether oxygens (including phenoxy) is 1. The van der Waals surface area contributed by atoms with E-state index in [4.69, 9.17) is 4.74 Å². The van der Waals surface area contributed by atoms with Crippen LogP contribution in [0.1, 0.15) is 53.4 Å². The monoisotopic (exact) mass is 253 g/mol. The van der Waals surface area contributed by atoms with Gasteiger partial charge in [-0.05, 0) is 40.0 Å². The van der Waals surface area contributed by atoms with E-state index in [-0.39, 0.29) is 24.1 Å². The Hall–Kier alpha value is -1.06. The highest BCUT2D eigenvalue weighted by Gasteiger charge is 2.50. The fraction of sp³-hybridized carbons (Fsp3) is 0.857. The van der Waals surface area contributed by atoms with Gasteiger partial charge in [-0.3, -0.25) is 4.79 Å². The SMILES string of the molecule is CCC(=O)C1CC2CC(C1)N2C(=O)OC(C)(C)C. The number of Topliss-reactive ketones (excluding diaryl/α,β-unsaturated/α-hetero) is 1. The molecule has 4 heteroatoms. The molecule has 2 saturated heterocycles. The van der Waals surface area contributed by atoms with Crippen molar-refractivity contribution in [3.05, 3.63) is 0 Å². The minimum Gasteiger partial charge on any atom is -0.444 e. The van der Waals surface area contributed by atoms with Gasteiger partial charge in [-0.2, -0.15) is 0 Å². The Balaban J connectivity index is 1.93. The summed E-state index contributed by atoms with van der Waals surface area (Å²) < 4.78 is 5.40.